The zero-order valence-corrected chi connectivity index (χ0v) is 15.9. The molecule has 29 heavy (non-hydrogen) atoms. The van der Waals surface area contributed by atoms with Crippen LogP contribution in [0.1, 0.15) is 16.8 Å². The third kappa shape index (κ3) is 3.87. The van der Waals surface area contributed by atoms with Gasteiger partial charge in [-0.1, -0.05) is 30.3 Å². The van der Waals surface area contributed by atoms with Crippen LogP contribution in [0.15, 0.2) is 54.6 Å². The molecule has 0 bridgehead atoms. The van der Waals surface area contributed by atoms with E-state index in [1.807, 2.05) is 30.3 Å². The molecule has 2 heterocycles. The largest absolute Gasteiger partial charge is 0.310 e. The molecule has 1 amide bonds. The van der Waals surface area contributed by atoms with Crippen molar-refractivity contribution in [2.45, 2.75) is 17.9 Å². The molecule has 148 valence electrons. The molecule has 3 aromatic rings. The van der Waals surface area contributed by atoms with Gasteiger partial charge in [-0.05, 0) is 17.7 Å². The minimum absolute atomic E-state index is 0.0144. The molecular weight excluding hydrogens is 396 g/mol. The van der Waals surface area contributed by atoms with E-state index in [0.717, 1.165) is 0 Å². The number of non-ortho nitro benzene ring substituents is 1. The number of carbonyl (C=O) groups is 1. The Kier molecular flexibility index (Phi) is 4.63. The molecule has 2 aromatic carbocycles. The lowest BCUT2D eigenvalue weighted by atomic mass is 10.1. The summed E-state index contributed by atoms with van der Waals surface area (Å²) in [5.41, 5.74) is 2.16. The van der Waals surface area contributed by atoms with Crippen molar-refractivity contribution in [1.29, 1.82) is 0 Å². The molecule has 0 spiro atoms. The number of sulfone groups is 1. The van der Waals surface area contributed by atoms with Gasteiger partial charge in [-0.2, -0.15) is 5.10 Å². The smallest absolute Gasteiger partial charge is 0.269 e. The molecule has 9 nitrogen and oxygen atoms in total. The number of hydrogen-bond acceptors (Lipinski definition) is 6. The van der Waals surface area contributed by atoms with Gasteiger partial charge in [-0.25, -0.2) is 13.1 Å². The highest BCUT2D eigenvalue weighted by Crippen LogP contribution is 2.33. The van der Waals surface area contributed by atoms with Crippen LogP contribution >= 0.6 is 0 Å². The van der Waals surface area contributed by atoms with Crippen LogP contribution in [0.5, 0.6) is 0 Å². The van der Waals surface area contributed by atoms with Crippen molar-refractivity contribution in [2.75, 3.05) is 5.32 Å². The van der Waals surface area contributed by atoms with Crippen LogP contribution in [-0.2, 0) is 32.6 Å². The van der Waals surface area contributed by atoms with Crippen LogP contribution in [0.4, 0.5) is 11.5 Å². The first-order valence-electron chi connectivity index (χ1n) is 8.72. The standard InChI is InChI=1S/C19H16N4O5S/c24-18(10-13-6-8-15(9-7-13)23(25)26)20-19-16-11-29(27,28)12-17(16)21-22(19)14-4-2-1-3-5-14/h1-9H,10-12H2,(H,20,24). The SMILES string of the molecule is O=C(Cc1ccc([N+](=O)[O-])cc1)Nc1c2c(nn1-c1ccccc1)CS(=O)(=O)C2. The third-order valence-corrected chi connectivity index (χ3v) is 6.00. The molecule has 10 heteroatoms. The van der Waals surface area contributed by atoms with E-state index < -0.39 is 14.8 Å². The second kappa shape index (κ2) is 7.13. The van der Waals surface area contributed by atoms with E-state index in [1.54, 1.807) is 0 Å². The Balaban J connectivity index is 1.62. The predicted octanol–water partition coefficient (Wildman–Crippen LogP) is 2.39. The van der Waals surface area contributed by atoms with Crippen LogP contribution in [0.3, 0.4) is 0 Å². The molecule has 1 N–H and O–H groups in total. The van der Waals surface area contributed by atoms with Crippen LogP contribution in [-0.4, -0.2) is 29.0 Å². The number of fused-ring (bicyclic) bond motifs is 1. The zero-order chi connectivity index (χ0) is 20.6. The molecule has 0 saturated carbocycles. The summed E-state index contributed by atoms with van der Waals surface area (Å²) in [6.07, 6.45) is -0.0144. The number of rotatable bonds is 5. The Hall–Kier alpha value is -3.53. The molecule has 0 aliphatic carbocycles. The summed E-state index contributed by atoms with van der Waals surface area (Å²) < 4.78 is 25.5. The molecule has 1 aliphatic heterocycles. The average molecular weight is 412 g/mol. The van der Waals surface area contributed by atoms with Crippen molar-refractivity contribution in [3.63, 3.8) is 0 Å². The van der Waals surface area contributed by atoms with E-state index in [-0.39, 0.29) is 29.5 Å². The number of amides is 1. The van der Waals surface area contributed by atoms with E-state index in [2.05, 4.69) is 10.4 Å². The summed E-state index contributed by atoms with van der Waals surface area (Å²) in [5.74, 6) is -0.377. The number of carbonyl (C=O) groups excluding carboxylic acids is 1. The lowest BCUT2D eigenvalue weighted by molar-refractivity contribution is -0.384. The molecule has 1 aliphatic rings. The summed E-state index contributed by atoms with van der Waals surface area (Å²) in [6, 6.07) is 14.8. The van der Waals surface area contributed by atoms with Crippen LogP contribution < -0.4 is 5.32 Å². The molecule has 4 rings (SSSR count). The van der Waals surface area contributed by atoms with Gasteiger partial charge in [0.15, 0.2) is 9.84 Å². The van der Waals surface area contributed by atoms with Crippen molar-refractivity contribution in [3.8, 4) is 5.69 Å². The lowest BCUT2D eigenvalue weighted by Gasteiger charge is -2.11. The number of nitro groups is 1. The summed E-state index contributed by atoms with van der Waals surface area (Å²) in [5, 5.41) is 17.9. The first-order chi connectivity index (χ1) is 13.8. The monoisotopic (exact) mass is 412 g/mol. The quantitative estimate of drug-likeness (QED) is 0.507. The minimum atomic E-state index is -3.28. The predicted molar refractivity (Wildman–Crippen MR) is 105 cm³/mol. The number of para-hydroxylation sites is 1. The molecular formula is C19H16N4O5S. The highest BCUT2D eigenvalue weighted by molar-refractivity contribution is 7.90. The minimum Gasteiger partial charge on any atom is -0.310 e. The van der Waals surface area contributed by atoms with Crippen molar-refractivity contribution in [1.82, 2.24) is 9.78 Å². The Labute approximate surface area is 166 Å². The molecule has 0 unspecified atom stereocenters. The van der Waals surface area contributed by atoms with Gasteiger partial charge in [0.1, 0.15) is 5.82 Å². The number of aromatic nitrogens is 2. The van der Waals surface area contributed by atoms with Crippen molar-refractivity contribution in [3.05, 3.63) is 81.5 Å². The van der Waals surface area contributed by atoms with E-state index in [1.165, 1.54) is 28.9 Å². The van der Waals surface area contributed by atoms with E-state index in [4.69, 9.17) is 0 Å². The van der Waals surface area contributed by atoms with E-state index in [0.29, 0.717) is 28.3 Å². The maximum absolute atomic E-state index is 12.6. The zero-order valence-electron chi connectivity index (χ0n) is 15.1. The third-order valence-electron chi connectivity index (χ3n) is 4.56. The van der Waals surface area contributed by atoms with Crippen LogP contribution in [0.25, 0.3) is 5.69 Å². The van der Waals surface area contributed by atoms with Gasteiger partial charge in [-0.15, -0.1) is 0 Å². The van der Waals surface area contributed by atoms with Crippen LogP contribution in [0, 0.1) is 10.1 Å². The van der Waals surface area contributed by atoms with Gasteiger partial charge in [-0.3, -0.25) is 14.9 Å². The molecule has 1 aromatic heterocycles. The number of benzene rings is 2. The Bertz CT molecular complexity index is 1200. The summed E-state index contributed by atoms with van der Waals surface area (Å²) in [6.45, 7) is 0. The van der Waals surface area contributed by atoms with Crippen LogP contribution in [0.2, 0.25) is 0 Å². The Morgan fingerprint density at radius 1 is 1.10 bits per heavy atom. The molecule has 0 fully saturated rings. The highest BCUT2D eigenvalue weighted by Gasteiger charge is 2.33. The maximum atomic E-state index is 12.6. The fourth-order valence-electron chi connectivity index (χ4n) is 3.22. The van der Waals surface area contributed by atoms with Gasteiger partial charge in [0, 0.05) is 17.7 Å². The number of nitrogens with zero attached hydrogens (tertiary/aromatic N) is 3. The van der Waals surface area contributed by atoms with Gasteiger partial charge in [0.25, 0.3) is 5.69 Å². The number of hydrogen-bond donors (Lipinski definition) is 1. The summed E-state index contributed by atoms with van der Waals surface area (Å²) in [4.78, 5) is 22.8. The number of anilines is 1. The van der Waals surface area contributed by atoms with Gasteiger partial charge >= 0.3 is 0 Å². The maximum Gasteiger partial charge on any atom is 0.269 e. The summed E-state index contributed by atoms with van der Waals surface area (Å²) in [7, 11) is -3.28. The number of nitrogens with one attached hydrogen (secondary N) is 1. The Morgan fingerprint density at radius 3 is 2.45 bits per heavy atom. The normalized spacial score (nSPS) is 14.3. The lowest BCUT2D eigenvalue weighted by Crippen LogP contribution is -2.18. The van der Waals surface area contributed by atoms with Gasteiger partial charge < -0.3 is 5.32 Å². The highest BCUT2D eigenvalue weighted by atomic mass is 32.2. The van der Waals surface area contributed by atoms with E-state index >= 15 is 0 Å². The second-order valence-corrected chi connectivity index (χ2v) is 8.77. The van der Waals surface area contributed by atoms with E-state index in [9.17, 15) is 23.3 Å². The fraction of sp³-hybridized carbons (Fsp3) is 0.158. The van der Waals surface area contributed by atoms with Gasteiger partial charge in [0.2, 0.25) is 5.91 Å². The Morgan fingerprint density at radius 2 is 1.79 bits per heavy atom. The first kappa shape index (κ1) is 18.8. The fourth-order valence-corrected chi connectivity index (χ4v) is 4.72. The number of nitro benzene ring substituents is 1. The molecule has 0 atom stereocenters. The molecule has 0 saturated heterocycles. The summed E-state index contributed by atoms with van der Waals surface area (Å²) >= 11 is 0. The van der Waals surface area contributed by atoms with Crippen molar-refractivity contribution in [2.24, 2.45) is 0 Å². The van der Waals surface area contributed by atoms with Gasteiger partial charge in [0.05, 0.1) is 34.2 Å². The first-order valence-corrected chi connectivity index (χ1v) is 10.5. The topological polar surface area (TPSA) is 124 Å². The average Bonchev–Trinajstić information content (AvgIpc) is 3.15. The van der Waals surface area contributed by atoms with Crippen molar-refractivity contribution < 1.29 is 18.1 Å². The van der Waals surface area contributed by atoms with Crippen molar-refractivity contribution >= 4 is 27.2 Å². The second-order valence-electron chi connectivity index (χ2n) is 6.70. The molecule has 0 radical (unpaired) electrons.